The Morgan fingerprint density at radius 3 is 2.39 bits per heavy atom. The van der Waals surface area contributed by atoms with Crippen molar-refractivity contribution in [1.29, 1.82) is 0 Å². The number of hydrogen-bond acceptors (Lipinski definition) is 3. The molecule has 2 aromatic rings. The third-order valence-corrected chi connectivity index (χ3v) is 4.08. The van der Waals surface area contributed by atoms with Crippen LogP contribution in [-0.4, -0.2) is 23.6 Å². The molecule has 0 unspecified atom stereocenters. The summed E-state index contributed by atoms with van der Waals surface area (Å²) < 4.78 is 38.3. The van der Waals surface area contributed by atoms with Gasteiger partial charge in [-0.25, -0.2) is 5.48 Å². The van der Waals surface area contributed by atoms with E-state index in [4.69, 9.17) is 16.8 Å². The molecular weight excluding hydrogens is 397 g/mol. The number of amides is 2. The molecule has 0 saturated heterocycles. The molecule has 2 amide bonds. The number of nitrogens with one attached hydrogen (secondary N) is 2. The van der Waals surface area contributed by atoms with Gasteiger partial charge in [-0.2, -0.15) is 13.2 Å². The summed E-state index contributed by atoms with van der Waals surface area (Å²) >= 11 is 5.84. The van der Waals surface area contributed by atoms with Crippen LogP contribution in [0.4, 0.5) is 13.2 Å². The van der Waals surface area contributed by atoms with Crippen molar-refractivity contribution in [2.75, 3.05) is 6.54 Å². The summed E-state index contributed by atoms with van der Waals surface area (Å²) in [6, 6.07) is 9.62. The van der Waals surface area contributed by atoms with E-state index in [2.05, 4.69) is 5.32 Å². The fourth-order valence-electron chi connectivity index (χ4n) is 2.30. The molecular formula is C19H16ClF3N2O3. The van der Waals surface area contributed by atoms with Crippen LogP contribution in [0.15, 0.2) is 48.5 Å². The lowest BCUT2D eigenvalue weighted by molar-refractivity contribution is -0.137. The first-order valence-electron chi connectivity index (χ1n) is 8.06. The maximum absolute atomic E-state index is 12.8. The summed E-state index contributed by atoms with van der Waals surface area (Å²) in [6.07, 6.45) is -1.45. The Morgan fingerprint density at radius 2 is 1.79 bits per heavy atom. The number of benzene rings is 2. The Kier molecular flexibility index (Phi) is 7.19. The molecule has 0 spiro atoms. The smallest absolute Gasteiger partial charge is 0.352 e. The van der Waals surface area contributed by atoms with E-state index in [0.29, 0.717) is 6.42 Å². The van der Waals surface area contributed by atoms with Crippen molar-refractivity contribution in [3.63, 3.8) is 0 Å². The number of hydrogen-bond donors (Lipinski definition) is 3. The van der Waals surface area contributed by atoms with Crippen molar-refractivity contribution >= 4 is 29.5 Å². The maximum atomic E-state index is 12.8. The van der Waals surface area contributed by atoms with E-state index in [0.717, 1.165) is 35.4 Å². The van der Waals surface area contributed by atoms with Crippen molar-refractivity contribution in [3.05, 3.63) is 75.8 Å². The monoisotopic (exact) mass is 412 g/mol. The van der Waals surface area contributed by atoms with Crippen LogP contribution in [0, 0.1) is 0 Å². The molecule has 3 N–H and O–H groups in total. The molecule has 2 aromatic carbocycles. The van der Waals surface area contributed by atoms with Gasteiger partial charge in [0.05, 0.1) is 16.1 Å². The fraction of sp³-hybridized carbons (Fsp3) is 0.158. The van der Waals surface area contributed by atoms with E-state index >= 15 is 0 Å². The lowest BCUT2D eigenvalue weighted by Crippen LogP contribution is -2.26. The van der Waals surface area contributed by atoms with Crippen molar-refractivity contribution in [2.45, 2.75) is 12.6 Å². The van der Waals surface area contributed by atoms with E-state index in [1.807, 2.05) is 0 Å². The van der Waals surface area contributed by atoms with Gasteiger partial charge in [-0.15, -0.1) is 0 Å². The molecule has 148 valence electrons. The summed E-state index contributed by atoms with van der Waals surface area (Å²) in [6.45, 7) is 0.202. The lowest BCUT2D eigenvalue weighted by atomic mass is 10.1. The topological polar surface area (TPSA) is 78.4 Å². The second-order valence-electron chi connectivity index (χ2n) is 5.75. The number of rotatable bonds is 6. The highest BCUT2D eigenvalue weighted by atomic mass is 35.5. The molecule has 2 rings (SSSR count). The predicted molar refractivity (Wildman–Crippen MR) is 97.9 cm³/mol. The van der Waals surface area contributed by atoms with Gasteiger partial charge in [0.2, 0.25) is 0 Å². The quantitative estimate of drug-likeness (QED) is 0.383. The molecule has 0 heterocycles. The van der Waals surface area contributed by atoms with Crippen molar-refractivity contribution in [2.24, 2.45) is 0 Å². The van der Waals surface area contributed by atoms with E-state index in [9.17, 15) is 22.8 Å². The highest BCUT2D eigenvalue weighted by Gasteiger charge is 2.31. The third-order valence-electron chi connectivity index (χ3n) is 3.75. The SMILES string of the molecule is O=C(/C=C/c1ccc(CCNC(=O)c2cc(C(F)(F)F)ccc2Cl)cc1)NO. The van der Waals surface area contributed by atoms with Crippen LogP contribution in [0.3, 0.4) is 0 Å². The fourth-order valence-corrected chi connectivity index (χ4v) is 2.50. The van der Waals surface area contributed by atoms with Crippen LogP contribution in [-0.2, 0) is 17.4 Å². The summed E-state index contributed by atoms with van der Waals surface area (Å²) in [5.74, 6) is -1.34. The first kappa shape index (κ1) is 21.5. The van der Waals surface area contributed by atoms with Gasteiger partial charge in [0.1, 0.15) is 0 Å². The number of hydroxylamine groups is 1. The van der Waals surface area contributed by atoms with Gasteiger partial charge >= 0.3 is 6.18 Å². The van der Waals surface area contributed by atoms with Crippen LogP contribution < -0.4 is 10.8 Å². The first-order chi connectivity index (χ1) is 13.2. The average Bonchev–Trinajstić information content (AvgIpc) is 2.66. The lowest BCUT2D eigenvalue weighted by Gasteiger charge is -2.11. The molecule has 0 saturated carbocycles. The number of carbonyl (C=O) groups is 2. The zero-order valence-electron chi connectivity index (χ0n) is 14.4. The van der Waals surface area contributed by atoms with E-state index in [1.54, 1.807) is 24.3 Å². The average molecular weight is 413 g/mol. The summed E-state index contributed by atoms with van der Waals surface area (Å²) in [5, 5.41) is 10.9. The predicted octanol–water partition coefficient (Wildman–Crippen LogP) is 3.85. The zero-order chi connectivity index (χ0) is 20.7. The van der Waals surface area contributed by atoms with Crippen LogP contribution >= 0.6 is 11.6 Å². The molecule has 0 atom stereocenters. The van der Waals surface area contributed by atoms with Crippen LogP contribution in [0.25, 0.3) is 6.08 Å². The Bertz CT molecular complexity index is 881. The molecule has 28 heavy (non-hydrogen) atoms. The standard InChI is InChI=1S/C19H16ClF3N2O3/c20-16-7-6-14(19(21,22)23)11-15(16)18(27)24-10-9-13-3-1-12(2-4-13)5-8-17(26)25-28/h1-8,11,28H,9-10H2,(H,24,27)(H,25,26)/b8-5+. The second kappa shape index (κ2) is 9.38. The first-order valence-corrected chi connectivity index (χ1v) is 8.44. The minimum absolute atomic E-state index is 0.0615. The molecule has 0 fully saturated rings. The van der Waals surface area contributed by atoms with Gasteiger partial charge in [-0.3, -0.25) is 14.8 Å². The maximum Gasteiger partial charge on any atom is 0.416 e. The molecule has 0 aliphatic rings. The van der Waals surface area contributed by atoms with E-state index in [-0.39, 0.29) is 17.1 Å². The summed E-state index contributed by atoms with van der Waals surface area (Å²) in [4.78, 5) is 23.1. The van der Waals surface area contributed by atoms with Gasteiger partial charge < -0.3 is 5.32 Å². The van der Waals surface area contributed by atoms with Gasteiger partial charge in [-0.1, -0.05) is 35.9 Å². The Hall–Kier alpha value is -2.84. The van der Waals surface area contributed by atoms with Crippen molar-refractivity contribution in [3.8, 4) is 0 Å². The summed E-state index contributed by atoms with van der Waals surface area (Å²) in [7, 11) is 0. The third kappa shape index (κ3) is 6.11. The number of alkyl halides is 3. The van der Waals surface area contributed by atoms with Crippen molar-refractivity contribution in [1.82, 2.24) is 10.8 Å². The Labute approximate surface area is 163 Å². The minimum Gasteiger partial charge on any atom is -0.352 e. The summed E-state index contributed by atoms with van der Waals surface area (Å²) in [5.41, 5.74) is 1.90. The zero-order valence-corrected chi connectivity index (χ0v) is 15.1. The molecule has 9 heteroatoms. The van der Waals surface area contributed by atoms with E-state index < -0.39 is 23.6 Å². The Balaban J connectivity index is 1.94. The van der Waals surface area contributed by atoms with Crippen LogP contribution in [0.5, 0.6) is 0 Å². The molecule has 0 bridgehead atoms. The molecule has 5 nitrogen and oxygen atoms in total. The molecule has 0 radical (unpaired) electrons. The van der Waals surface area contributed by atoms with Crippen LogP contribution in [0.1, 0.15) is 27.0 Å². The van der Waals surface area contributed by atoms with Crippen molar-refractivity contribution < 1.29 is 28.0 Å². The Morgan fingerprint density at radius 1 is 1.11 bits per heavy atom. The number of carbonyl (C=O) groups excluding carboxylic acids is 2. The van der Waals surface area contributed by atoms with Crippen LogP contribution in [0.2, 0.25) is 5.02 Å². The van der Waals surface area contributed by atoms with Gasteiger partial charge in [0.15, 0.2) is 0 Å². The normalized spacial score (nSPS) is 11.5. The molecule has 0 aliphatic heterocycles. The number of halogens is 4. The highest BCUT2D eigenvalue weighted by molar-refractivity contribution is 6.33. The molecule has 0 aromatic heterocycles. The highest BCUT2D eigenvalue weighted by Crippen LogP contribution is 2.31. The second-order valence-corrected chi connectivity index (χ2v) is 6.16. The minimum atomic E-state index is -4.56. The van der Waals surface area contributed by atoms with Gasteiger partial charge in [-0.05, 0) is 41.8 Å². The van der Waals surface area contributed by atoms with E-state index in [1.165, 1.54) is 11.6 Å². The van der Waals surface area contributed by atoms with Gasteiger partial charge in [0.25, 0.3) is 11.8 Å². The molecule has 0 aliphatic carbocycles. The van der Waals surface area contributed by atoms with Gasteiger partial charge in [0, 0.05) is 12.6 Å². The largest absolute Gasteiger partial charge is 0.416 e.